The Morgan fingerprint density at radius 2 is 2.40 bits per heavy atom. The Morgan fingerprint density at radius 1 is 1.53 bits per heavy atom. The van der Waals surface area contributed by atoms with Crippen LogP contribution in [0.25, 0.3) is 0 Å². The summed E-state index contributed by atoms with van der Waals surface area (Å²) in [6.45, 7) is 2.71. The molecule has 5 nitrogen and oxygen atoms in total. The normalized spacial score (nSPS) is 24.0. The first-order chi connectivity index (χ1) is 7.25. The second-order valence-electron chi connectivity index (χ2n) is 4.09. The third-order valence-corrected chi connectivity index (χ3v) is 2.44. The predicted octanol–water partition coefficient (Wildman–Crippen LogP) is 1.20. The lowest BCUT2D eigenvalue weighted by Gasteiger charge is -2.18. The lowest BCUT2D eigenvalue weighted by atomic mass is 10.1. The SMILES string of the molecule is CC(N)Cc1noc(C2CCCCO2)n1. The van der Waals surface area contributed by atoms with Gasteiger partial charge in [0.25, 0.3) is 5.89 Å². The van der Waals surface area contributed by atoms with Gasteiger partial charge in [0.1, 0.15) is 6.10 Å². The van der Waals surface area contributed by atoms with E-state index in [2.05, 4.69) is 10.1 Å². The molecule has 2 heterocycles. The molecule has 2 N–H and O–H groups in total. The van der Waals surface area contributed by atoms with Crippen LogP contribution in [0, 0.1) is 0 Å². The van der Waals surface area contributed by atoms with Crippen LogP contribution in [0.4, 0.5) is 0 Å². The van der Waals surface area contributed by atoms with Gasteiger partial charge in [-0.25, -0.2) is 0 Å². The maximum absolute atomic E-state index is 5.66. The minimum atomic E-state index is -0.00641. The molecule has 1 saturated heterocycles. The molecule has 2 unspecified atom stereocenters. The fraction of sp³-hybridized carbons (Fsp3) is 0.800. The van der Waals surface area contributed by atoms with Crippen LogP contribution in [0.5, 0.6) is 0 Å². The first-order valence-corrected chi connectivity index (χ1v) is 5.45. The van der Waals surface area contributed by atoms with E-state index in [1.807, 2.05) is 6.92 Å². The topological polar surface area (TPSA) is 74.2 Å². The van der Waals surface area contributed by atoms with E-state index in [4.69, 9.17) is 15.0 Å². The van der Waals surface area contributed by atoms with E-state index in [1.165, 1.54) is 0 Å². The van der Waals surface area contributed by atoms with E-state index >= 15 is 0 Å². The smallest absolute Gasteiger partial charge is 0.255 e. The summed E-state index contributed by atoms with van der Waals surface area (Å²) >= 11 is 0. The van der Waals surface area contributed by atoms with Gasteiger partial charge in [-0.1, -0.05) is 5.16 Å². The van der Waals surface area contributed by atoms with Crippen molar-refractivity contribution in [3.63, 3.8) is 0 Å². The molecule has 1 aliphatic heterocycles. The quantitative estimate of drug-likeness (QED) is 0.813. The summed E-state index contributed by atoms with van der Waals surface area (Å²) in [4.78, 5) is 4.29. The summed E-state index contributed by atoms with van der Waals surface area (Å²) < 4.78 is 10.7. The Labute approximate surface area is 89.0 Å². The van der Waals surface area contributed by atoms with E-state index < -0.39 is 0 Å². The van der Waals surface area contributed by atoms with Crippen molar-refractivity contribution in [1.82, 2.24) is 10.1 Å². The Kier molecular flexibility index (Phi) is 3.33. The molecule has 1 aromatic rings. The number of rotatable bonds is 3. The molecular weight excluding hydrogens is 194 g/mol. The average Bonchev–Trinajstić information content (AvgIpc) is 2.67. The summed E-state index contributed by atoms with van der Waals surface area (Å²) in [5.74, 6) is 1.28. The first kappa shape index (κ1) is 10.6. The Hall–Kier alpha value is -0.940. The molecule has 1 aliphatic rings. The maximum Gasteiger partial charge on any atom is 0.255 e. The molecule has 0 aliphatic carbocycles. The zero-order chi connectivity index (χ0) is 10.7. The molecule has 0 radical (unpaired) electrons. The second kappa shape index (κ2) is 4.72. The number of ether oxygens (including phenoxy) is 1. The van der Waals surface area contributed by atoms with Gasteiger partial charge in [0.2, 0.25) is 0 Å². The third-order valence-electron chi connectivity index (χ3n) is 2.44. The second-order valence-corrected chi connectivity index (χ2v) is 4.09. The standard InChI is InChI=1S/C10H17N3O2/c1-7(11)6-9-12-10(15-13-9)8-4-2-3-5-14-8/h7-8H,2-6,11H2,1H3. The van der Waals surface area contributed by atoms with E-state index in [0.29, 0.717) is 18.1 Å². The van der Waals surface area contributed by atoms with Crippen LogP contribution in [-0.4, -0.2) is 22.8 Å². The third kappa shape index (κ3) is 2.76. The van der Waals surface area contributed by atoms with E-state index in [1.54, 1.807) is 0 Å². The van der Waals surface area contributed by atoms with Crippen molar-refractivity contribution in [2.75, 3.05) is 6.61 Å². The lowest BCUT2D eigenvalue weighted by molar-refractivity contribution is -0.00459. The zero-order valence-electron chi connectivity index (χ0n) is 8.98. The lowest BCUT2D eigenvalue weighted by Crippen LogP contribution is -2.18. The molecule has 2 atom stereocenters. The van der Waals surface area contributed by atoms with Crippen LogP contribution in [-0.2, 0) is 11.2 Å². The number of hydrogen-bond donors (Lipinski definition) is 1. The molecule has 0 saturated carbocycles. The molecule has 84 valence electrons. The fourth-order valence-corrected chi connectivity index (χ4v) is 1.70. The molecule has 0 spiro atoms. The Bertz CT molecular complexity index is 305. The van der Waals surface area contributed by atoms with Crippen molar-refractivity contribution < 1.29 is 9.26 Å². The van der Waals surface area contributed by atoms with Crippen LogP contribution in [0.2, 0.25) is 0 Å². The van der Waals surface area contributed by atoms with Crippen molar-refractivity contribution in [3.05, 3.63) is 11.7 Å². The van der Waals surface area contributed by atoms with E-state index in [-0.39, 0.29) is 12.1 Å². The van der Waals surface area contributed by atoms with E-state index in [9.17, 15) is 0 Å². The minimum absolute atomic E-state index is 0.00641. The molecule has 5 heteroatoms. The van der Waals surface area contributed by atoms with Crippen LogP contribution in [0.15, 0.2) is 4.52 Å². The van der Waals surface area contributed by atoms with Gasteiger partial charge in [-0.15, -0.1) is 0 Å². The van der Waals surface area contributed by atoms with Crippen LogP contribution in [0.1, 0.15) is 44.0 Å². The number of aromatic nitrogens is 2. The van der Waals surface area contributed by atoms with Gasteiger partial charge in [0.15, 0.2) is 5.82 Å². The van der Waals surface area contributed by atoms with Crippen molar-refractivity contribution >= 4 is 0 Å². The Morgan fingerprint density at radius 3 is 3.07 bits per heavy atom. The van der Waals surface area contributed by atoms with Crippen molar-refractivity contribution in [2.45, 2.75) is 44.8 Å². The van der Waals surface area contributed by atoms with Crippen molar-refractivity contribution in [2.24, 2.45) is 5.73 Å². The molecule has 1 aromatic heterocycles. The summed E-state index contributed by atoms with van der Waals surface area (Å²) in [6, 6.07) is 0.0581. The molecular formula is C10H17N3O2. The highest BCUT2D eigenvalue weighted by molar-refractivity contribution is 4.92. The Balaban J connectivity index is 1.99. The average molecular weight is 211 g/mol. The summed E-state index contributed by atoms with van der Waals surface area (Å²) in [5, 5.41) is 3.89. The summed E-state index contributed by atoms with van der Waals surface area (Å²) in [5.41, 5.74) is 5.66. The van der Waals surface area contributed by atoms with Crippen molar-refractivity contribution in [3.8, 4) is 0 Å². The highest BCUT2D eigenvalue weighted by Crippen LogP contribution is 2.26. The van der Waals surface area contributed by atoms with Crippen LogP contribution in [0.3, 0.4) is 0 Å². The molecule has 0 bridgehead atoms. The minimum Gasteiger partial charge on any atom is -0.368 e. The van der Waals surface area contributed by atoms with Gasteiger partial charge in [-0.2, -0.15) is 4.98 Å². The molecule has 15 heavy (non-hydrogen) atoms. The summed E-state index contributed by atoms with van der Waals surface area (Å²) in [7, 11) is 0. The molecule has 2 rings (SSSR count). The molecule has 0 aromatic carbocycles. The predicted molar refractivity (Wildman–Crippen MR) is 54.2 cm³/mol. The molecule has 0 amide bonds. The maximum atomic E-state index is 5.66. The van der Waals surface area contributed by atoms with Crippen LogP contribution < -0.4 is 5.73 Å². The highest BCUT2D eigenvalue weighted by atomic mass is 16.5. The number of nitrogens with two attached hydrogens (primary N) is 1. The number of nitrogens with zero attached hydrogens (tertiary/aromatic N) is 2. The van der Waals surface area contributed by atoms with Gasteiger partial charge < -0.3 is 15.0 Å². The van der Waals surface area contributed by atoms with Gasteiger partial charge in [0, 0.05) is 19.1 Å². The fourth-order valence-electron chi connectivity index (χ4n) is 1.70. The van der Waals surface area contributed by atoms with Gasteiger partial charge in [-0.05, 0) is 26.2 Å². The highest BCUT2D eigenvalue weighted by Gasteiger charge is 2.22. The van der Waals surface area contributed by atoms with Gasteiger partial charge in [-0.3, -0.25) is 0 Å². The molecule has 1 fully saturated rings. The van der Waals surface area contributed by atoms with Gasteiger partial charge >= 0.3 is 0 Å². The number of hydrogen-bond acceptors (Lipinski definition) is 5. The first-order valence-electron chi connectivity index (χ1n) is 5.45. The monoisotopic (exact) mass is 211 g/mol. The van der Waals surface area contributed by atoms with Crippen LogP contribution >= 0.6 is 0 Å². The van der Waals surface area contributed by atoms with E-state index in [0.717, 1.165) is 25.9 Å². The van der Waals surface area contributed by atoms with Gasteiger partial charge in [0.05, 0.1) is 0 Å². The largest absolute Gasteiger partial charge is 0.368 e. The summed E-state index contributed by atoms with van der Waals surface area (Å²) in [6.07, 6.45) is 3.90. The zero-order valence-corrected chi connectivity index (χ0v) is 8.98. The van der Waals surface area contributed by atoms with Crippen molar-refractivity contribution in [1.29, 1.82) is 0 Å².